The van der Waals surface area contributed by atoms with E-state index in [0.717, 1.165) is 38.5 Å². The lowest BCUT2D eigenvalue weighted by molar-refractivity contribution is -0.143. The minimum Gasteiger partial charge on any atom is -0.466 e. The Balaban J connectivity index is 3.36. The average Bonchev–Trinajstić information content (AvgIpc) is 3.34. The lowest BCUT2D eigenvalue weighted by atomic mass is 10.0. The van der Waals surface area contributed by atoms with Crippen LogP contribution in [0.2, 0.25) is 0 Å². The molecule has 0 aromatic heterocycles. The number of esters is 1. The van der Waals surface area contributed by atoms with E-state index in [4.69, 9.17) is 4.74 Å². The minimum atomic E-state index is -0.662. The van der Waals surface area contributed by atoms with E-state index >= 15 is 0 Å². The van der Waals surface area contributed by atoms with Gasteiger partial charge in [0.05, 0.1) is 25.4 Å². The zero-order valence-electron chi connectivity index (χ0n) is 46.4. The summed E-state index contributed by atoms with van der Waals surface area (Å²) in [5, 5.41) is 23.3. The first kappa shape index (κ1) is 66.9. The number of unbranched alkanes of at least 4 members (excludes halogenated alkanes) is 48. The summed E-state index contributed by atoms with van der Waals surface area (Å²) in [6, 6.07) is -0.539. The third-order valence-corrected chi connectivity index (χ3v) is 14.9. The smallest absolute Gasteiger partial charge is 0.305 e. The van der Waals surface area contributed by atoms with Gasteiger partial charge in [-0.3, -0.25) is 9.59 Å². The standard InChI is InChI=1S/C62H123NO5/c1-3-5-7-9-11-13-15-16-17-28-31-35-38-42-46-50-54-60(65)59(58-64)63-61(66)55-51-47-43-39-36-32-29-26-24-22-20-18-19-21-23-25-27-30-33-37-41-45-49-53-57-68-62(67)56-52-48-44-40-34-14-12-10-8-6-4-2/h59-60,64-65H,3-58H2,1-2H3,(H,63,66). The first-order valence-corrected chi connectivity index (χ1v) is 31.3. The maximum absolute atomic E-state index is 12.5. The number of hydrogen-bond donors (Lipinski definition) is 3. The summed E-state index contributed by atoms with van der Waals surface area (Å²) in [5.74, 6) is -0.0142. The monoisotopic (exact) mass is 962 g/mol. The molecule has 0 aromatic carbocycles. The Labute approximate surface area is 426 Å². The minimum absolute atomic E-state index is 0.0161. The third-order valence-electron chi connectivity index (χ3n) is 14.9. The lowest BCUT2D eigenvalue weighted by Gasteiger charge is -2.22. The van der Waals surface area contributed by atoms with Gasteiger partial charge in [0.1, 0.15) is 0 Å². The second kappa shape index (κ2) is 58.4. The Kier molecular flexibility index (Phi) is 57.5. The summed E-state index contributed by atoms with van der Waals surface area (Å²) < 4.78 is 5.47. The molecule has 0 spiro atoms. The molecule has 0 saturated carbocycles. The maximum atomic E-state index is 12.5. The highest BCUT2D eigenvalue weighted by Crippen LogP contribution is 2.19. The highest BCUT2D eigenvalue weighted by atomic mass is 16.5. The summed E-state index contributed by atoms with van der Waals surface area (Å²) >= 11 is 0. The first-order chi connectivity index (χ1) is 33.5. The van der Waals surface area contributed by atoms with E-state index < -0.39 is 12.1 Å². The Morgan fingerprint density at radius 1 is 0.353 bits per heavy atom. The van der Waals surface area contributed by atoms with E-state index in [0.29, 0.717) is 25.9 Å². The summed E-state index contributed by atoms with van der Waals surface area (Å²) in [6.07, 6.45) is 68.3. The van der Waals surface area contributed by atoms with Gasteiger partial charge in [0.2, 0.25) is 5.91 Å². The molecule has 0 fully saturated rings. The Hall–Kier alpha value is -1.14. The van der Waals surface area contributed by atoms with Gasteiger partial charge in [-0.05, 0) is 25.7 Å². The molecular weight excluding hydrogens is 839 g/mol. The molecule has 3 N–H and O–H groups in total. The number of hydrogen-bond acceptors (Lipinski definition) is 5. The van der Waals surface area contributed by atoms with Crippen molar-refractivity contribution >= 4 is 11.9 Å². The van der Waals surface area contributed by atoms with Gasteiger partial charge in [-0.1, -0.05) is 322 Å². The largest absolute Gasteiger partial charge is 0.466 e. The number of ether oxygens (including phenoxy) is 1. The summed E-state index contributed by atoms with van der Waals surface area (Å²) in [6.45, 7) is 4.98. The van der Waals surface area contributed by atoms with Gasteiger partial charge >= 0.3 is 5.97 Å². The number of aliphatic hydroxyl groups is 2. The topological polar surface area (TPSA) is 95.9 Å². The molecule has 6 heteroatoms. The maximum Gasteiger partial charge on any atom is 0.305 e. The molecule has 0 aliphatic heterocycles. The van der Waals surface area contributed by atoms with Crippen molar-refractivity contribution in [1.29, 1.82) is 0 Å². The molecule has 6 nitrogen and oxygen atoms in total. The molecule has 0 aliphatic rings. The molecule has 0 radical (unpaired) electrons. The zero-order valence-corrected chi connectivity index (χ0v) is 46.4. The SMILES string of the molecule is CCCCCCCCCCCCCCCCCCC(O)C(CO)NC(=O)CCCCCCCCCCCCCCCCCCCCCCCCCCOC(=O)CCCCCCCCCCCCC. The van der Waals surface area contributed by atoms with Gasteiger partial charge in [-0.15, -0.1) is 0 Å². The normalized spacial score (nSPS) is 12.5. The van der Waals surface area contributed by atoms with Crippen LogP contribution in [0.5, 0.6) is 0 Å². The van der Waals surface area contributed by atoms with Crippen LogP contribution in [-0.4, -0.2) is 47.4 Å². The van der Waals surface area contributed by atoms with E-state index in [2.05, 4.69) is 19.2 Å². The lowest BCUT2D eigenvalue weighted by Crippen LogP contribution is -2.45. The fourth-order valence-electron chi connectivity index (χ4n) is 10.1. The van der Waals surface area contributed by atoms with Crippen molar-refractivity contribution in [3.8, 4) is 0 Å². The molecule has 0 saturated heterocycles. The first-order valence-electron chi connectivity index (χ1n) is 31.3. The second-order valence-electron chi connectivity index (χ2n) is 21.8. The van der Waals surface area contributed by atoms with Crippen molar-refractivity contribution in [2.24, 2.45) is 0 Å². The van der Waals surface area contributed by atoms with Crippen LogP contribution in [-0.2, 0) is 14.3 Å². The summed E-state index contributed by atoms with van der Waals surface area (Å²) in [5.41, 5.74) is 0. The number of amides is 1. The van der Waals surface area contributed by atoms with Crippen molar-refractivity contribution in [2.75, 3.05) is 13.2 Å². The molecule has 68 heavy (non-hydrogen) atoms. The van der Waals surface area contributed by atoms with Gasteiger partial charge in [0.25, 0.3) is 0 Å². The number of rotatable bonds is 59. The Morgan fingerprint density at radius 2 is 0.603 bits per heavy atom. The summed E-state index contributed by atoms with van der Waals surface area (Å²) in [7, 11) is 0. The number of aliphatic hydroxyl groups excluding tert-OH is 2. The van der Waals surface area contributed by atoms with Crippen molar-refractivity contribution in [3.05, 3.63) is 0 Å². The van der Waals surface area contributed by atoms with Crippen LogP contribution >= 0.6 is 0 Å². The van der Waals surface area contributed by atoms with Crippen LogP contribution in [0.1, 0.15) is 361 Å². The highest BCUT2D eigenvalue weighted by Gasteiger charge is 2.20. The molecule has 0 aromatic rings. The van der Waals surface area contributed by atoms with E-state index in [1.165, 1.54) is 289 Å². The quantitative estimate of drug-likeness (QED) is 0.0417. The van der Waals surface area contributed by atoms with Crippen molar-refractivity contribution in [1.82, 2.24) is 5.32 Å². The van der Waals surface area contributed by atoms with Gasteiger partial charge < -0.3 is 20.3 Å². The fourth-order valence-corrected chi connectivity index (χ4v) is 10.1. The van der Waals surface area contributed by atoms with Gasteiger partial charge in [0.15, 0.2) is 0 Å². The number of carbonyl (C=O) groups is 2. The van der Waals surface area contributed by atoms with Gasteiger partial charge in [0, 0.05) is 12.8 Å². The predicted molar refractivity (Wildman–Crippen MR) is 297 cm³/mol. The van der Waals surface area contributed by atoms with E-state index in [1.54, 1.807) is 0 Å². The molecule has 0 bridgehead atoms. The predicted octanol–water partition coefficient (Wildman–Crippen LogP) is 19.5. The van der Waals surface area contributed by atoms with E-state index in [-0.39, 0.29) is 18.5 Å². The molecule has 1 amide bonds. The van der Waals surface area contributed by atoms with Crippen LogP contribution in [0, 0.1) is 0 Å². The van der Waals surface area contributed by atoms with Crippen LogP contribution in [0.25, 0.3) is 0 Å². The molecule has 406 valence electrons. The molecule has 0 rings (SSSR count). The van der Waals surface area contributed by atoms with Crippen LogP contribution < -0.4 is 5.32 Å². The van der Waals surface area contributed by atoms with Crippen LogP contribution in [0.4, 0.5) is 0 Å². The van der Waals surface area contributed by atoms with Crippen LogP contribution in [0.3, 0.4) is 0 Å². The fraction of sp³-hybridized carbons (Fsp3) is 0.968. The molecule has 2 unspecified atom stereocenters. The molecular formula is C62H123NO5. The zero-order chi connectivity index (χ0) is 49.3. The highest BCUT2D eigenvalue weighted by molar-refractivity contribution is 5.76. The average molecular weight is 963 g/mol. The molecule has 0 heterocycles. The van der Waals surface area contributed by atoms with Crippen molar-refractivity contribution in [3.63, 3.8) is 0 Å². The van der Waals surface area contributed by atoms with E-state index in [9.17, 15) is 19.8 Å². The van der Waals surface area contributed by atoms with Gasteiger partial charge in [-0.25, -0.2) is 0 Å². The van der Waals surface area contributed by atoms with Gasteiger partial charge in [-0.2, -0.15) is 0 Å². The van der Waals surface area contributed by atoms with Crippen molar-refractivity contribution < 1.29 is 24.5 Å². The van der Waals surface area contributed by atoms with Crippen LogP contribution in [0.15, 0.2) is 0 Å². The van der Waals surface area contributed by atoms with E-state index in [1.807, 2.05) is 0 Å². The third kappa shape index (κ3) is 54.2. The Morgan fingerprint density at radius 3 is 0.897 bits per heavy atom. The summed E-state index contributed by atoms with van der Waals surface area (Å²) in [4.78, 5) is 24.5. The molecule has 2 atom stereocenters. The number of nitrogens with one attached hydrogen (secondary N) is 1. The number of carbonyl (C=O) groups excluding carboxylic acids is 2. The Bertz CT molecular complexity index is 975. The second-order valence-corrected chi connectivity index (χ2v) is 21.8. The van der Waals surface area contributed by atoms with Crippen molar-refractivity contribution in [2.45, 2.75) is 373 Å². The molecule has 0 aliphatic carbocycles.